The molecular weight excluding hydrogens is 424 g/mol. The van der Waals surface area contributed by atoms with Crippen LogP contribution in [0.15, 0.2) is 6.07 Å². The first-order chi connectivity index (χ1) is 16.4. The Kier molecular flexibility index (Phi) is 12.9. The molecule has 0 aromatic heterocycles. The molecule has 4 heteroatoms. The topological polar surface area (TPSA) is 63.6 Å². The van der Waals surface area contributed by atoms with Crippen molar-refractivity contribution >= 4 is 11.8 Å². The van der Waals surface area contributed by atoms with E-state index in [2.05, 4.69) is 6.92 Å². The molecule has 0 heterocycles. The average Bonchev–Trinajstić information content (AvgIpc) is 3.02. The lowest BCUT2D eigenvalue weighted by molar-refractivity contribution is -0.143. The van der Waals surface area contributed by atoms with Crippen molar-refractivity contribution in [3.63, 3.8) is 0 Å². The van der Waals surface area contributed by atoms with Gasteiger partial charge in [-0.25, -0.2) is 0 Å². The normalized spacial score (nSPS) is 17.3. The van der Waals surface area contributed by atoms with Gasteiger partial charge in [-0.2, -0.15) is 0 Å². The molecule has 0 bridgehead atoms. The van der Waals surface area contributed by atoms with Crippen molar-refractivity contribution in [3.05, 3.63) is 33.9 Å². The molecule has 1 N–H and O–H groups in total. The number of unbranched alkanes of at least 4 members (excludes halogenated alkanes) is 12. The molecule has 1 aliphatic rings. The number of carbonyl (C=O) groups excluding carboxylic acids is 2. The van der Waals surface area contributed by atoms with E-state index in [1.165, 1.54) is 70.6 Å². The van der Waals surface area contributed by atoms with E-state index in [0.29, 0.717) is 25.0 Å². The van der Waals surface area contributed by atoms with Crippen LogP contribution in [0.25, 0.3) is 0 Å². The molecule has 0 unspecified atom stereocenters. The summed E-state index contributed by atoms with van der Waals surface area (Å²) in [6.07, 6.45) is 17.2. The van der Waals surface area contributed by atoms with E-state index in [-0.39, 0.29) is 17.7 Å². The molecule has 34 heavy (non-hydrogen) atoms. The summed E-state index contributed by atoms with van der Waals surface area (Å²) in [6.45, 7) is 8.32. The van der Waals surface area contributed by atoms with Crippen LogP contribution >= 0.6 is 0 Å². The fourth-order valence-corrected chi connectivity index (χ4v) is 5.27. The molecule has 2 atom stereocenters. The number of aliphatic hydroxyl groups is 1. The molecule has 1 aromatic rings. The third-order valence-corrected chi connectivity index (χ3v) is 7.52. The summed E-state index contributed by atoms with van der Waals surface area (Å²) in [4.78, 5) is 24.7. The summed E-state index contributed by atoms with van der Waals surface area (Å²) in [5.41, 5.74) is 4.44. The molecule has 4 nitrogen and oxygen atoms in total. The molecule has 0 fully saturated rings. The Labute approximate surface area is 207 Å². The molecule has 0 amide bonds. The number of aryl methyl sites for hydroxylation is 1. The molecule has 2 rings (SSSR count). The minimum atomic E-state index is -0.716. The zero-order valence-corrected chi connectivity index (χ0v) is 22.2. The number of benzene rings is 1. The average molecular weight is 473 g/mol. The van der Waals surface area contributed by atoms with Gasteiger partial charge in [0.25, 0.3) is 0 Å². The number of Topliss-reactive ketones (excluding diaryl/α,β-unsaturated/α-hetero) is 1. The minimum absolute atomic E-state index is 0.0145. The summed E-state index contributed by atoms with van der Waals surface area (Å²) < 4.78 is 5.48. The summed E-state index contributed by atoms with van der Waals surface area (Å²) in [5.74, 6) is -0.498. The number of aliphatic hydroxyl groups excluding tert-OH is 1. The number of ether oxygens (including phenoxy) is 1. The maximum absolute atomic E-state index is 12.5. The van der Waals surface area contributed by atoms with Crippen molar-refractivity contribution in [2.45, 2.75) is 130 Å². The van der Waals surface area contributed by atoms with Crippen LogP contribution in [-0.2, 0) is 16.0 Å². The third kappa shape index (κ3) is 8.52. The lowest BCUT2D eigenvalue weighted by Gasteiger charge is -2.15. The Morgan fingerprint density at radius 3 is 2.00 bits per heavy atom. The summed E-state index contributed by atoms with van der Waals surface area (Å²) >= 11 is 0. The van der Waals surface area contributed by atoms with Gasteiger partial charge in [0.2, 0.25) is 0 Å². The van der Waals surface area contributed by atoms with Crippen LogP contribution in [0.3, 0.4) is 0 Å². The van der Waals surface area contributed by atoms with E-state index >= 15 is 0 Å². The van der Waals surface area contributed by atoms with Gasteiger partial charge in [-0.1, -0.05) is 97.0 Å². The maximum atomic E-state index is 12.5. The Bertz CT molecular complexity index is 783. The van der Waals surface area contributed by atoms with Gasteiger partial charge in [0.05, 0.1) is 12.7 Å². The van der Waals surface area contributed by atoms with Gasteiger partial charge in [0.15, 0.2) is 5.78 Å². The van der Waals surface area contributed by atoms with Crippen LogP contribution in [0, 0.1) is 19.8 Å². The molecular formula is C30H48O4. The number of rotatable bonds is 17. The highest BCUT2D eigenvalue weighted by Gasteiger charge is 2.37. The molecule has 1 aromatic carbocycles. The first-order valence-electron chi connectivity index (χ1n) is 13.9. The van der Waals surface area contributed by atoms with Gasteiger partial charge < -0.3 is 9.84 Å². The van der Waals surface area contributed by atoms with E-state index < -0.39 is 6.10 Å². The molecule has 0 saturated carbocycles. The highest BCUT2D eigenvalue weighted by molar-refractivity contribution is 6.04. The number of esters is 1. The Morgan fingerprint density at radius 1 is 0.912 bits per heavy atom. The summed E-state index contributed by atoms with van der Waals surface area (Å²) in [7, 11) is 0. The fourth-order valence-electron chi connectivity index (χ4n) is 5.27. The molecule has 0 aliphatic heterocycles. The van der Waals surface area contributed by atoms with Gasteiger partial charge in [-0.3, -0.25) is 9.59 Å². The van der Waals surface area contributed by atoms with Crippen molar-refractivity contribution in [3.8, 4) is 0 Å². The van der Waals surface area contributed by atoms with E-state index in [1.54, 1.807) is 6.92 Å². The van der Waals surface area contributed by atoms with Gasteiger partial charge in [0, 0.05) is 24.3 Å². The van der Waals surface area contributed by atoms with Crippen LogP contribution < -0.4 is 0 Å². The fraction of sp³-hybridized carbons (Fsp3) is 0.733. The number of carbonyl (C=O) groups is 2. The van der Waals surface area contributed by atoms with Gasteiger partial charge >= 0.3 is 5.97 Å². The van der Waals surface area contributed by atoms with Gasteiger partial charge in [-0.05, 0) is 42.5 Å². The molecule has 0 spiro atoms. The Balaban J connectivity index is 1.55. The molecule has 192 valence electrons. The lowest BCUT2D eigenvalue weighted by atomic mass is 9.92. The zero-order chi connectivity index (χ0) is 24.9. The van der Waals surface area contributed by atoms with Crippen LogP contribution in [0.4, 0.5) is 0 Å². The van der Waals surface area contributed by atoms with E-state index in [0.717, 1.165) is 35.1 Å². The van der Waals surface area contributed by atoms with E-state index in [4.69, 9.17) is 4.74 Å². The second kappa shape index (κ2) is 15.3. The van der Waals surface area contributed by atoms with Crippen LogP contribution in [0.5, 0.6) is 0 Å². The second-order valence-electron chi connectivity index (χ2n) is 10.3. The van der Waals surface area contributed by atoms with Crippen molar-refractivity contribution in [1.82, 2.24) is 0 Å². The van der Waals surface area contributed by atoms with Crippen molar-refractivity contribution in [2.24, 2.45) is 5.92 Å². The van der Waals surface area contributed by atoms with E-state index in [1.807, 2.05) is 19.9 Å². The number of hydrogen-bond donors (Lipinski definition) is 1. The Morgan fingerprint density at radius 2 is 1.44 bits per heavy atom. The standard InChI is InChI=1S/C30H48O4/c1-5-6-7-8-9-10-11-12-13-14-15-16-17-18-27(31)34-20-19-25-22(2)21-26-28(23(25)3)30(33)24(4)29(26)32/h21,24,29,32H,5-20H2,1-4H3/t24-,29-/m0/s1. The number of ketones is 1. The predicted molar refractivity (Wildman–Crippen MR) is 139 cm³/mol. The SMILES string of the molecule is CCCCCCCCCCCCCCCC(=O)OCCc1c(C)cc2c(c1C)C(=O)[C@@H](C)[C@@H]2O. The largest absolute Gasteiger partial charge is 0.465 e. The van der Waals surface area contributed by atoms with E-state index in [9.17, 15) is 14.7 Å². The second-order valence-corrected chi connectivity index (χ2v) is 10.3. The molecule has 0 saturated heterocycles. The third-order valence-electron chi connectivity index (χ3n) is 7.52. The summed E-state index contributed by atoms with van der Waals surface area (Å²) in [5, 5.41) is 10.3. The predicted octanol–water partition coefficient (Wildman–Crippen LogP) is 7.74. The van der Waals surface area contributed by atoms with Crippen molar-refractivity contribution < 1.29 is 19.4 Å². The van der Waals surface area contributed by atoms with Crippen LogP contribution in [-0.4, -0.2) is 23.5 Å². The molecule has 0 radical (unpaired) electrons. The Hall–Kier alpha value is -1.68. The van der Waals surface area contributed by atoms with Crippen LogP contribution in [0.2, 0.25) is 0 Å². The van der Waals surface area contributed by atoms with Gasteiger partial charge in [0.1, 0.15) is 0 Å². The maximum Gasteiger partial charge on any atom is 0.305 e. The monoisotopic (exact) mass is 472 g/mol. The smallest absolute Gasteiger partial charge is 0.305 e. The molecule has 1 aliphatic carbocycles. The first kappa shape index (κ1) is 28.6. The zero-order valence-electron chi connectivity index (χ0n) is 22.2. The van der Waals surface area contributed by atoms with Gasteiger partial charge in [-0.15, -0.1) is 0 Å². The van der Waals surface area contributed by atoms with Crippen molar-refractivity contribution in [2.75, 3.05) is 6.61 Å². The quantitative estimate of drug-likeness (QED) is 0.186. The number of fused-ring (bicyclic) bond motifs is 1. The minimum Gasteiger partial charge on any atom is -0.465 e. The van der Waals surface area contributed by atoms with Crippen LogP contribution in [0.1, 0.15) is 142 Å². The number of hydrogen-bond acceptors (Lipinski definition) is 4. The highest BCUT2D eigenvalue weighted by Crippen LogP contribution is 2.39. The first-order valence-corrected chi connectivity index (χ1v) is 13.9. The summed E-state index contributed by atoms with van der Waals surface area (Å²) in [6, 6.07) is 1.93. The lowest BCUT2D eigenvalue weighted by Crippen LogP contribution is -2.11. The highest BCUT2D eigenvalue weighted by atomic mass is 16.5. The van der Waals surface area contributed by atoms with Crippen molar-refractivity contribution in [1.29, 1.82) is 0 Å².